The molecule has 5 heteroatoms. The lowest BCUT2D eigenvalue weighted by Crippen LogP contribution is -2.06. The average molecular weight is 221 g/mol. The highest BCUT2D eigenvalue weighted by Crippen LogP contribution is 2.14. The van der Waals surface area contributed by atoms with Crippen molar-refractivity contribution in [3.63, 3.8) is 0 Å². The van der Waals surface area contributed by atoms with Gasteiger partial charge in [0.05, 0.1) is 10.9 Å². The molecule has 0 saturated carbocycles. The molecule has 1 aliphatic rings. The minimum Gasteiger partial charge on any atom is -0.501 e. The molecule has 0 bridgehead atoms. The molecule has 1 rings (SSSR count). The van der Waals surface area contributed by atoms with Crippen LogP contribution in [0, 0.1) is 0 Å². The first-order chi connectivity index (χ1) is 5.16. The van der Waals surface area contributed by atoms with Gasteiger partial charge in [0.15, 0.2) is 5.78 Å². The zero-order valence-corrected chi connectivity index (χ0v) is 7.05. The first-order valence-electron chi connectivity index (χ1n) is 2.85. The SMILES string of the molecule is O=C(CBr)C1=C(O)C(=O)OC1. The summed E-state index contributed by atoms with van der Waals surface area (Å²) in [5.74, 6) is -1.71. The number of hydrogen-bond acceptors (Lipinski definition) is 4. The van der Waals surface area contributed by atoms with E-state index in [9.17, 15) is 9.59 Å². The average Bonchev–Trinajstić information content (AvgIpc) is 2.32. The summed E-state index contributed by atoms with van der Waals surface area (Å²) in [5.41, 5.74) is 0.0480. The Kier molecular flexibility index (Phi) is 2.28. The van der Waals surface area contributed by atoms with Crippen molar-refractivity contribution in [1.29, 1.82) is 0 Å². The number of ether oxygens (including phenoxy) is 1. The van der Waals surface area contributed by atoms with E-state index in [4.69, 9.17) is 5.11 Å². The molecule has 0 aromatic rings. The summed E-state index contributed by atoms with van der Waals surface area (Å²) in [6, 6.07) is 0. The fraction of sp³-hybridized carbons (Fsp3) is 0.333. The molecule has 0 fully saturated rings. The molecule has 1 aliphatic heterocycles. The molecule has 0 radical (unpaired) electrons. The van der Waals surface area contributed by atoms with E-state index in [1.165, 1.54) is 0 Å². The standard InChI is InChI=1S/C6H5BrO4/c7-1-4(8)3-2-11-6(10)5(3)9/h9H,1-2H2. The molecule has 0 aliphatic carbocycles. The highest BCUT2D eigenvalue weighted by Gasteiger charge is 2.28. The van der Waals surface area contributed by atoms with Crippen molar-refractivity contribution >= 4 is 27.7 Å². The minimum absolute atomic E-state index is 0.0480. The molecule has 11 heavy (non-hydrogen) atoms. The Hall–Kier alpha value is -0.840. The molecule has 0 aromatic heterocycles. The molecule has 0 saturated heterocycles. The van der Waals surface area contributed by atoms with Crippen molar-refractivity contribution in [3.8, 4) is 0 Å². The van der Waals surface area contributed by atoms with E-state index in [1.807, 2.05) is 0 Å². The van der Waals surface area contributed by atoms with E-state index in [-0.39, 0.29) is 23.3 Å². The molecular formula is C6H5BrO4. The molecule has 0 spiro atoms. The lowest BCUT2D eigenvalue weighted by atomic mass is 10.2. The van der Waals surface area contributed by atoms with Crippen LogP contribution in [0.1, 0.15) is 0 Å². The lowest BCUT2D eigenvalue weighted by molar-refractivity contribution is -0.138. The van der Waals surface area contributed by atoms with Crippen LogP contribution in [0.3, 0.4) is 0 Å². The second-order valence-electron chi connectivity index (χ2n) is 1.96. The van der Waals surface area contributed by atoms with Crippen LogP contribution in [-0.2, 0) is 14.3 Å². The van der Waals surface area contributed by atoms with Crippen LogP contribution in [0.15, 0.2) is 11.3 Å². The topological polar surface area (TPSA) is 63.6 Å². The second kappa shape index (κ2) is 3.04. The van der Waals surface area contributed by atoms with Gasteiger partial charge in [0.1, 0.15) is 6.61 Å². The third-order valence-corrected chi connectivity index (χ3v) is 1.79. The van der Waals surface area contributed by atoms with Crippen LogP contribution in [0.5, 0.6) is 0 Å². The monoisotopic (exact) mass is 220 g/mol. The van der Waals surface area contributed by atoms with Crippen molar-refractivity contribution in [1.82, 2.24) is 0 Å². The Labute approximate surface area is 71.0 Å². The third kappa shape index (κ3) is 1.42. The van der Waals surface area contributed by atoms with E-state index in [0.29, 0.717) is 0 Å². The normalized spacial score (nSPS) is 17.0. The third-order valence-electron chi connectivity index (χ3n) is 1.28. The second-order valence-corrected chi connectivity index (χ2v) is 2.52. The molecule has 1 N–H and O–H groups in total. The number of carbonyl (C=O) groups excluding carboxylic acids is 2. The summed E-state index contributed by atoms with van der Waals surface area (Å²) < 4.78 is 4.40. The molecule has 0 aromatic carbocycles. The van der Waals surface area contributed by atoms with Crippen molar-refractivity contribution in [2.24, 2.45) is 0 Å². The van der Waals surface area contributed by atoms with Gasteiger partial charge in [0, 0.05) is 0 Å². The van der Waals surface area contributed by atoms with Crippen LogP contribution in [0.2, 0.25) is 0 Å². The van der Waals surface area contributed by atoms with Crippen molar-refractivity contribution < 1.29 is 19.4 Å². The number of carbonyl (C=O) groups is 2. The van der Waals surface area contributed by atoms with E-state index < -0.39 is 11.7 Å². The summed E-state index contributed by atoms with van der Waals surface area (Å²) >= 11 is 2.91. The van der Waals surface area contributed by atoms with Crippen LogP contribution in [0.4, 0.5) is 0 Å². The maximum atomic E-state index is 10.9. The van der Waals surface area contributed by atoms with Gasteiger partial charge < -0.3 is 9.84 Å². The molecule has 0 atom stereocenters. The lowest BCUT2D eigenvalue weighted by Gasteiger charge is -1.92. The Morgan fingerprint density at radius 1 is 1.73 bits per heavy atom. The summed E-state index contributed by atoms with van der Waals surface area (Å²) in [6.07, 6.45) is 0. The summed E-state index contributed by atoms with van der Waals surface area (Å²) in [5, 5.41) is 9.01. The van der Waals surface area contributed by atoms with E-state index in [2.05, 4.69) is 20.7 Å². The number of aliphatic hydroxyl groups is 1. The Morgan fingerprint density at radius 2 is 2.36 bits per heavy atom. The highest BCUT2D eigenvalue weighted by molar-refractivity contribution is 9.09. The Balaban J connectivity index is 2.88. The maximum Gasteiger partial charge on any atom is 0.374 e. The minimum atomic E-state index is -0.825. The number of Topliss-reactive ketones (excluding diaryl/α,β-unsaturated/α-hetero) is 1. The first kappa shape index (κ1) is 8.26. The summed E-state index contributed by atoms with van der Waals surface area (Å²) in [4.78, 5) is 21.4. The van der Waals surface area contributed by atoms with Crippen LogP contribution in [0.25, 0.3) is 0 Å². The van der Waals surface area contributed by atoms with Gasteiger partial charge >= 0.3 is 5.97 Å². The smallest absolute Gasteiger partial charge is 0.374 e. The molecule has 1 heterocycles. The van der Waals surface area contributed by atoms with Crippen molar-refractivity contribution in [3.05, 3.63) is 11.3 Å². The number of ketones is 1. The first-order valence-corrected chi connectivity index (χ1v) is 3.97. The van der Waals surface area contributed by atoms with Crippen LogP contribution >= 0.6 is 15.9 Å². The zero-order valence-electron chi connectivity index (χ0n) is 5.46. The predicted molar refractivity (Wildman–Crippen MR) is 39.4 cm³/mol. The van der Waals surface area contributed by atoms with Gasteiger partial charge in [-0.05, 0) is 0 Å². The number of rotatable bonds is 2. The Bertz CT molecular complexity index is 243. The summed E-state index contributed by atoms with van der Waals surface area (Å²) in [7, 11) is 0. The van der Waals surface area contributed by atoms with Gasteiger partial charge in [-0.1, -0.05) is 15.9 Å². The summed E-state index contributed by atoms with van der Waals surface area (Å²) in [6.45, 7) is -0.116. The van der Waals surface area contributed by atoms with E-state index in [0.717, 1.165) is 0 Å². The van der Waals surface area contributed by atoms with E-state index >= 15 is 0 Å². The van der Waals surface area contributed by atoms with Gasteiger partial charge in [-0.25, -0.2) is 4.79 Å². The van der Waals surface area contributed by atoms with Gasteiger partial charge in [0.2, 0.25) is 5.76 Å². The van der Waals surface area contributed by atoms with Gasteiger partial charge in [0.25, 0.3) is 0 Å². The number of alkyl halides is 1. The number of cyclic esters (lactones) is 1. The zero-order chi connectivity index (χ0) is 8.43. The number of aliphatic hydroxyl groups excluding tert-OH is 1. The molecule has 0 amide bonds. The quantitative estimate of drug-likeness (QED) is 0.538. The molecule has 60 valence electrons. The largest absolute Gasteiger partial charge is 0.501 e. The molecule has 0 unspecified atom stereocenters. The van der Waals surface area contributed by atoms with Crippen LogP contribution in [-0.4, -0.2) is 28.8 Å². The highest BCUT2D eigenvalue weighted by atomic mass is 79.9. The molecular weight excluding hydrogens is 216 g/mol. The van der Waals surface area contributed by atoms with Gasteiger partial charge in [-0.3, -0.25) is 4.79 Å². The predicted octanol–water partition coefficient (Wildman–Crippen LogP) is 0.319. The number of esters is 1. The Morgan fingerprint density at radius 3 is 2.73 bits per heavy atom. The maximum absolute atomic E-state index is 10.9. The fourth-order valence-corrected chi connectivity index (χ4v) is 1.03. The number of hydrogen-bond donors (Lipinski definition) is 1. The van der Waals surface area contributed by atoms with Crippen molar-refractivity contribution in [2.45, 2.75) is 0 Å². The number of halogens is 1. The van der Waals surface area contributed by atoms with Crippen molar-refractivity contribution in [2.75, 3.05) is 11.9 Å². The van der Waals surface area contributed by atoms with Gasteiger partial charge in [-0.2, -0.15) is 0 Å². The molecule has 4 nitrogen and oxygen atoms in total. The van der Waals surface area contributed by atoms with Crippen LogP contribution < -0.4 is 0 Å². The van der Waals surface area contributed by atoms with Gasteiger partial charge in [-0.15, -0.1) is 0 Å². The van der Waals surface area contributed by atoms with E-state index in [1.54, 1.807) is 0 Å². The fourth-order valence-electron chi connectivity index (χ4n) is 0.691.